The van der Waals surface area contributed by atoms with Gasteiger partial charge in [0.05, 0.1) is 6.42 Å². The summed E-state index contributed by atoms with van der Waals surface area (Å²) in [7, 11) is 0. The molecule has 0 fully saturated rings. The highest BCUT2D eigenvalue weighted by Gasteiger charge is 2.17. The minimum atomic E-state index is -1.79. The second-order valence-electron chi connectivity index (χ2n) is 3.06. The lowest BCUT2D eigenvalue weighted by atomic mass is 10.1. The van der Waals surface area contributed by atoms with Crippen LogP contribution in [0.5, 0.6) is 0 Å². The molecule has 0 atom stereocenters. The second kappa shape index (κ2) is 5.40. The minimum Gasteiger partial charge on any atom is -0.474 e. The lowest BCUT2D eigenvalue weighted by Gasteiger charge is -2.05. The molecule has 90 valence electrons. The molecule has 0 unspecified atom stereocenters. The molecule has 0 heterocycles. The monoisotopic (exact) mass is 259 g/mol. The quantitative estimate of drug-likeness (QED) is 0.768. The molecule has 2 N–H and O–H groups in total. The van der Waals surface area contributed by atoms with Gasteiger partial charge < -0.3 is 5.11 Å². The van der Waals surface area contributed by atoms with Crippen molar-refractivity contribution in [1.29, 1.82) is 0 Å². The van der Waals surface area contributed by atoms with Gasteiger partial charge in [0, 0.05) is 10.6 Å². The van der Waals surface area contributed by atoms with E-state index in [9.17, 15) is 18.8 Å². The van der Waals surface area contributed by atoms with Gasteiger partial charge in [-0.25, -0.2) is 9.18 Å². The van der Waals surface area contributed by atoms with Crippen molar-refractivity contribution < 1.29 is 23.9 Å². The van der Waals surface area contributed by atoms with E-state index in [2.05, 4.69) is 0 Å². The Hall–Kier alpha value is -1.95. The normalized spacial score (nSPS) is 9.76. The summed E-state index contributed by atoms with van der Waals surface area (Å²) in [5.74, 6) is -4.90. The van der Waals surface area contributed by atoms with Crippen LogP contribution >= 0.6 is 11.6 Å². The Morgan fingerprint density at radius 1 is 1.35 bits per heavy atom. The number of nitrogens with one attached hydrogen (secondary N) is 1. The third-order valence-electron chi connectivity index (χ3n) is 1.85. The first kappa shape index (κ1) is 13.1. The van der Waals surface area contributed by atoms with Crippen LogP contribution in [0.3, 0.4) is 0 Å². The molecule has 0 saturated heterocycles. The van der Waals surface area contributed by atoms with Crippen molar-refractivity contribution in [1.82, 2.24) is 5.32 Å². The maximum Gasteiger partial charge on any atom is 0.394 e. The minimum absolute atomic E-state index is 0.0305. The van der Waals surface area contributed by atoms with E-state index in [0.717, 1.165) is 6.07 Å². The molecule has 5 nitrogen and oxygen atoms in total. The predicted molar refractivity (Wildman–Crippen MR) is 55.9 cm³/mol. The van der Waals surface area contributed by atoms with E-state index in [1.54, 1.807) is 5.32 Å². The van der Waals surface area contributed by atoms with Crippen LogP contribution in [-0.2, 0) is 20.8 Å². The third-order valence-corrected chi connectivity index (χ3v) is 2.20. The number of amides is 2. The molecule has 7 heteroatoms. The van der Waals surface area contributed by atoms with Crippen LogP contribution in [0.2, 0.25) is 5.02 Å². The zero-order chi connectivity index (χ0) is 13.0. The summed E-state index contributed by atoms with van der Waals surface area (Å²) in [6.45, 7) is 0. The first-order valence-corrected chi connectivity index (χ1v) is 4.79. The van der Waals surface area contributed by atoms with Crippen molar-refractivity contribution in [3.8, 4) is 0 Å². The van der Waals surface area contributed by atoms with Crippen LogP contribution in [0.4, 0.5) is 4.39 Å². The van der Waals surface area contributed by atoms with Crippen molar-refractivity contribution in [3.05, 3.63) is 34.6 Å². The van der Waals surface area contributed by atoms with Gasteiger partial charge in [-0.05, 0) is 12.1 Å². The van der Waals surface area contributed by atoms with Gasteiger partial charge >= 0.3 is 11.9 Å². The van der Waals surface area contributed by atoms with E-state index in [0.29, 0.717) is 0 Å². The molecule has 0 spiro atoms. The number of carboxylic acid groups (broad SMARTS) is 1. The topological polar surface area (TPSA) is 83.5 Å². The number of imide groups is 1. The first-order chi connectivity index (χ1) is 7.91. The summed E-state index contributed by atoms with van der Waals surface area (Å²) in [4.78, 5) is 32.0. The van der Waals surface area contributed by atoms with E-state index in [1.165, 1.54) is 12.1 Å². The number of hydrogen-bond acceptors (Lipinski definition) is 3. The van der Waals surface area contributed by atoms with Gasteiger partial charge in [-0.3, -0.25) is 14.9 Å². The van der Waals surface area contributed by atoms with Gasteiger partial charge in [-0.1, -0.05) is 17.7 Å². The van der Waals surface area contributed by atoms with Crippen LogP contribution in [0.25, 0.3) is 0 Å². The van der Waals surface area contributed by atoms with Gasteiger partial charge in [0.25, 0.3) is 0 Å². The molecule has 17 heavy (non-hydrogen) atoms. The summed E-state index contributed by atoms with van der Waals surface area (Å²) >= 11 is 5.65. The zero-order valence-electron chi connectivity index (χ0n) is 8.37. The van der Waals surface area contributed by atoms with Crippen molar-refractivity contribution >= 4 is 29.4 Å². The largest absolute Gasteiger partial charge is 0.474 e. The lowest BCUT2D eigenvalue weighted by molar-refractivity contribution is -0.151. The van der Waals surface area contributed by atoms with Gasteiger partial charge in [-0.15, -0.1) is 0 Å². The zero-order valence-corrected chi connectivity index (χ0v) is 9.12. The number of halogens is 2. The highest BCUT2D eigenvalue weighted by atomic mass is 35.5. The molecule has 0 bridgehead atoms. The molecule has 0 saturated carbocycles. The number of carbonyl (C=O) groups is 3. The SMILES string of the molecule is O=C(Cc1c(F)cccc1Cl)NC(=O)C(=O)O. The molecule has 2 amide bonds. The maximum atomic E-state index is 13.2. The van der Waals surface area contributed by atoms with Crippen molar-refractivity contribution in [2.24, 2.45) is 0 Å². The van der Waals surface area contributed by atoms with E-state index in [1.807, 2.05) is 0 Å². The fourth-order valence-corrected chi connectivity index (χ4v) is 1.32. The molecule has 0 aliphatic carbocycles. The average molecular weight is 260 g/mol. The number of benzene rings is 1. The van der Waals surface area contributed by atoms with Crippen LogP contribution in [0.15, 0.2) is 18.2 Å². The molecular formula is C10H7ClFNO4. The van der Waals surface area contributed by atoms with E-state index in [-0.39, 0.29) is 10.6 Å². The standard InChI is InChI=1S/C10H7ClFNO4/c11-6-2-1-3-7(12)5(6)4-8(14)13-9(15)10(16)17/h1-3H,4H2,(H,16,17)(H,13,14,15). The molecule has 0 radical (unpaired) electrons. The number of aliphatic carboxylic acids is 1. The first-order valence-electron chi connectivity index (χ1n) is 4.42. The number of rotatable bonds is 2. The Balaban J connectivity index is 2.75. The summed E-state index contributed by atoms with van der Waals surface area (Å²) in [5, 5.41) is 9.85. The Morgan fingerprint density at radius 3 is 2.53 bits per heavy atom. The van der Waals surface area contributed by atoms with Crippen molar-refractivity contribution in [2.45, 2.75) is 6.42 Å². The molecule has 0 aromatic heterocycles. The lowest BCUT2D eigenvalue weighted by Crippen LogP contribution is -2.36. The Morgan fingerprint density at radius 2 is 2.00 bits per heavy atom. The fraction of sp³-hybridized carbons (Fsp3) is 0.100. The summed E-state index contributed by atoms with van der Waals surface area (Å²) in [6, 6.07) is 3.85. The average Bonchev–Trinajstić information content (AvgIpc) is 2.23. The summed E-state index contributed by atoms with van der Waals surface area (Å²) < 4.78 is 13.2. The van der Waals surface area contributed by atoms with E-state index >= 15 is 0 Å². The van der Waals surface area contributed by atoms with Crippen LogP contribution in [0.1, 0.15) is 5.56 Å². The molecule has 1 rings (SSSR count). The third kappa shape index (κ3) is 3.53. The Bertz CT molecular complexity index is 469. The van der Waals surface area contributed by atoms with Gasteiger partial charge in [0.1, 0.15) is 5.82 Å². The smallest absolute Gasteiger partial charge is 0.394 e. The maximum absolute atomic E-state index is 13.2. The van der Waals surface area contributed by atoms with Crippen molar-refractivity contribution in [3.63, 3.8) is 0 Å². The van der Waals surface area contributed by atoms with E-state index in [4.69, 9.17) is 16.7 Å². The molecule has 1 aromatic rings. The van der Waals surface area contributed by atoms with E-state index < -0.39 is 30.0 Å². The van der Waals surface area contributed by atoms with Gasteiger partial charge in [0.2, 0.25) is 5.91 Å². The molecule has 0 aliphatic heterocycles. The second-order valence-corrected chi connectivity index (χ2v) is 3.47. The molecule has 1 aromatic carbocycles. The van der Waals surface area contributed by atoms with Gasteiger partial charge in [-0.2, -0.15) is 0 Å². The number of carbonyl (C=O) groups excluding carboxylic acids is 2. The van der Waals surface area contributed by atoms with Crippen molar-refractivity contribution in [2.75, 3.05) is 0 Å². The van der Waals surface area contributed by atoms with Crippen LogP contribution < -0.4 is 5.32 Å². The summed E-state index contributed by atoms with van der Waals surface area (Å²) in [5.41, 5.74) is -0.0927. The fourth-order valence-electron chi connectivity index (χ4n) is 1.09. The van der Waals surface area contributed by atoms with Crippen LogP contribution in [-0.4, -0.2) is 22.9 Å². The Labute approximate surface area is 100 Å². The van der Waals surface area contributed by atoms with Gasteiger partial charge in [0.15, 0.2) is 0 Å². The molecular weight excluding hydrogens is 253 g/mol. The van der Waals surface area contributed by atoms with Crippen LogP contribution in [0, 0.1) is 5.82 Å². The summed E-state index contributed by atoms with van der Waals surface area (Å²) in [6.07, 6.45) is -0.509. The predicted octanol–water partition coefficient (Wildman–Crippen LogP) is 0.749. The number of hydrogen-bond donors (Lipinski definition) is 2. The highest BCUT2D eigenvalue weighted by Crippen LogP contribution is 2.19. The Kier molecular flexibility index (Phi) is 4.17. The molecule has 0 aliphatic rings. The highest BCUT2D eigenvalue weighted by molar-refractivity contribution is 6.35. The number of carboxylic acids is 1.